The average molecular weight is 602 g/mol. The summed E-state index contributed by atoms with van der Waals surface area (Å²) in [4.78, 5) is 6.48. The summed E-state index contributed by atoms with van der Waals surface area (Å²) in [6, 6.07) is 18.5. The van der Waals surface area contributed by atoms with Gasteiger partial charge in [0.25, 0.3) is 0 Å². The number of pyridine rings is 1. The normalized spacial score (nSPS) is 17.6. The lowest BCUT2D eigenvalue weighted by Gasteiger charge is -2.26. The van der Waals surface area contributed by atoms with Crippen LogP contribution in [0.15, 0.2) is 81.8 Å². The summed E-state index contributed by atoms with van der Waals surface area (Å²) in [5.41, 5.74) is 3.49. The first-order chi connectivity index (χ1) is 17.6. The third-order valence-electron chi connectivity index (χ3n) is 6.00. The summed E-state index contributed by atoms with van der Waals surface area (Å²) >= 11 is 9.18. The lowest BCUT2D eigenvalue weighted by atomic mass is 10.0. The van der Waals surface area contributed by atoms with Gasteiger partial charge in [-0.2, -0.15) is 0 Å². The summed E-state index contributed by atoms with van der Waals surface area (Å²) in [5.74, 6) is 0.854. The Hall–Kier alpha value is -3.28. The number of aromatic nitrogens is 1. The highest BCUT2D eigenvalue weighted by molar-refractivity contribution is 9.10. The number of halogens is 2. The fourth-order valence-corrected chi connectivity index (χ4v) is 5.90. The van der Waals surface area contributed by atoms with Crippen LogP contribution in [-0.2, 0) is 10.0 Å². The molecule has 2 N–H and O–H groups in total. The van der Waals surface area contributed by atoms with Crippen LogP contribution in [0.1, 0.15) is 29.1 Å². The molecule has 1 fully saturated rings. The van der Waals surface area contributed by atoms with Crippen molar-refractivity contribution in [3.05, 3.63) is 100 Å². The van der Waals surface area contributed by atoms with Crippen LogP contribution in [0.2, 0.25) is 0 Å². The van der Waals surface area contributed by atoms with Crippen LogP contribution >= 0.6 is 28.1 Å². The number of hydrogen-bond donors (Lipinski definition) is 2. The van der Waals surface area contributed by atoms with Crippen LogP contribution in [0.4, 0.5) is 15.8 Å². The molecule has 0 bridgehead atoms. The SMILES string of the molecule is Cc1cc(N2C(=S)N[C@@H](c3ccccn3)[C@@H]2c2ccc(-c3ccc(F)cc3Br)o2)ccc1NS(C)(=O)=O. The molecule has 0 spiro atoms. The third kappa shape index (κ3) is 5.25. The van der Waals surface area contributed by atoms with Gasteiger partial charge in [-0.15, -0.1) is 0 Å². The summed E-state index contributed by atoms with van der Waals surface area (Å²) in [5, 5.41) is 3.85. The van der Waals surface area contributed by atoms with E-state index in [1.807, 2.05) is 54.3 Å². The second kappa shape index (κ2) is 9.88. The van der Waals surface area contributed by atoms with E-state index in [1.54, 1.807) is 18.3 Å². The van der Waals surface area contributed by atoms with Crippen molar-refractivity contribution in [2.24, 2.45) is 0 Å². The number of thiocarbonyl (C=S) groups is 1. The molecule has 2 aromatic carbocycles. The molecule has 3 heterocycles. The van der Waals surface area contributed by atoms with Gasteiger partial charge in [-0.1, -0.05) is 6.07 Å². The number of nitrogens with one attached hydrogen (secondary N) is 2. The number of rotatable bonds is 6. The first kappa shape index (κ1) is 25.4. The number of hydrogen-bond acceptors (Lipinski definition) is 5. The molecular weight excluding hydrogens is 579 g/mol. The second-order valence-corrected chi connectivity index (χ2v) is 11.7. The molecular formula is C26H22BrFN4O3S2. The number of benzene rings is 2. The Balaban J connectivity index is 1.59. The van der Waals surface area contributed by atoms with Crippen molar-refractivity contribution in [3.63, 3.8) is 0 Å². The van der Waals surface area contributed by atoms with Gasteiger partial charge < -0.3 is 14.6 Å². The summed E-state index contributed by atoms with van der Waals surface area (Å²) in [7, 11) is -3.42. The van der Waals surface area contributed by atoms with Gasteiger partial charge in [0.1, 0.15) is 23.4 Å². The predicted octanol–water partition coefficient (Wildman–Crippen LogP) is 6.10. The predicted molar refractivity (Wildman–Crippen MR) is 149 cm³/mol. The zero-order valence-electron chi connectivity index (χ0n) is 19.8. The molecule has 7 nitrogen and oxygen atoms in total. The largest absolute Gasteiger partial charge is 0.459 e. The van der Waals surface area contributed by atoms with E-state index in [1.165, 1.54) is 12.1 Å². The maximum atomic E-state index is 13.7. The molecule has 0 aliphatic carbocycles. The molecule has 190 valence electrons. The van der Waals surface area contributed by atoms with Gasteiger partial charge in [0.05, 0.1) is 23.7 Å². The fourth-order valence-electron chi connectivity index (χ4n) is 4.38. The molecule has 1 aliphatic heterocycles. The lowest BCUT2D eigenvalue weighted by Crippen LogP contribution is -2.29. The van der Waals surface area contributed by atoms with Gasteiger partial charge in [-0.3, -0.25) is 9.71 Å². The number of nitrogens with zero attached hydrogens (tertiary/aromatic N) is 2. The number of sulfonamides is 1. The second-order valence-electron chi connectivity index (χ2n) is 8.70. The topological polar surface area (TPSA) is 87.5 Å². The van der Waals surface area contributed by atoms with Gasteiger partial charge in [0.15, 0.2) is 5.11 Å². The summed E-state index contributed by atoms with van der Waals surface area (Å²) in [6.45, 7) is 1.83. The Morgan fingerprint density at radius 1 is 1.14 bits per heavy atom. The van der Waals surface area contributed by atoms with Crippen LogP contribution in [0.5, 0.6) is 0 Å². The van der Waals surface area contributed by atoms with Crippen molar-refractivity contribution in [2.45, 2.75) is 19.0 Å². The first-order valence-electron chi connectivity index (χ1n) is 11.2. The van der Waals surface area contributed by atoms with Crippen LogP contribution in [-0.4, -0.2) is 24.8 Å². The molecule has 0 amide bonds. The highest BCUT2D eigenvalue weighted by Gasteiger charge is 2.42. The number of anilines is 2. The van der Waals surface area contributed by atoms with Crippen molar-refractivity contribution < 1.29 is 17.2 Å². The zero-order chi connectivity index (χ0) is 26.3. The highest BCUT2D eigenvalue weighted by atomic mass is 79.9. The Morgan fingerprint density at radius 3 is 2.62 bits per heavy atom. The van der Waals surface area contributed by atoms with E-state index in [0.29, 0.717) is 32.4 Å². The number of furan rings is 1. The lowest BCUT2D eigenvalue weighted by molar-refractivity contribution is 0.439. The minimum absolute atomic E-state index is 0.321. The van der Waals surface area contributed by atoms with E-state index in [4.69, 9.17) is 16.6 Å². The van der Waals surface area contributed by atoms with Gasteiger partial charge in [0.2, 0.25) is 10.0 Å². The molecule has 37 heavy (non-hydrogen) atoms. The maximum absolute atomic E-state index is 13.7. The number of aryl methyl sites for hydroxylation is 1. The van der Waals surface area contributed by atoms with Crippen molar-refractivity contribution >= 4 is 54.7 Å². The Morgan fingerprint density at radius 2 is 1.95 bits per heavy atom. The van der Waals surface area contributed by atoms with E-state index in [-0.39, 0.29) is 11.9 Å². The van der Waals surface area contributed by atoms with Crippen molar-refractivity contribution in [2.75, 3.05) is 15.9 Å². The Kier molecular flexibility index (Phi) is 6.78. The minimum atomic E-state index is -3.42. The quantitative estimate of drug-likeness (QED) is 0.258. The molecule has 0 saturated carbocycles. The van der Waals surface area contributed by atoms with Gasteiger partial charge >= 0.3 is 0 Å². The molecule has 0 radical (unpaired) electrons. The average Bonchev–Trinajstić information content (AvgIpc) is 3.45. The van der Waals surface area contributed by atoms with Gasteiger partial charge in [-0.05, 0) is 101 Å². The molecule has 1 aliphatic rings. The fraction of sp³-hybridized carbons (Fsp3) is 0.154. The monoisotopic (exact) mass is 600 g/mol. The summed E-state index contributed by atoms with van der Waals surface area (Å²) in [6.07, 6.45) is 2.83. The van der Waals surface area contributed by atoms with E-state index in [9.17, 15) is 12.8 Å². The summed E-state index contributed by atoms with van der Waals surface area (Å²) < 4.78 is 46.6. The van der Waals surface area contributed by atoms with Crippen molar-refractivity contribution in [1.82, 2.24) is 10.3 Å². The van der Waals surface area contributed by atoms with Crippen molar-refractivity contribution in [1.29, 1.82) is 0 Å². The molecule has 4 aromatic rings. The molecule has 5 rings (SSSR count). The highest BCUT2D eigenvalue weighted by Crippen LogP contribution is 2.44. The molecule has 0 unspecified atom stereocenters. The van der Waals surface area contributed by atoms with E-state index in [0.717, 1.165) is 23.2 Å². The van der Waals surface area contributed by atoms with Gasteiger partial charge in [-0.25, -0.2) is 12.8 Å². The smallest absolute Gasteiger partial charge is 0.229 e. The minimum Gasteiger partial charge on any atom is -0.459 e. The molecule has 11 heteroatoms. The van der Waals surface area contributed by atoms with Crippen molar-refractivity contribution in [3.8, 4) is 11.3 Å². The third-order valence-corrected chi connectivity index (χ3v) is 7.56. The maximum Gasteiger partial charge on any atom is 0.229 e. The van der Waals surface area contributed by atoms with E-state index >= 15 is 0 Å². The Labute approximate surface area is 227 Å². The standard InChI is InChI=1S/C26H22BrFN4O3S2/c1-15-13-17(7-9-20(15)31-37(2,33)34)32-25(24(30-26(32)36)21-5-3-4-12-29-21)23-11-10-22(35-23)18-8-6-16(28)14-19(18)27/h3-14,24-25,31H,1-2H3,(H,30,36)/t24-,25-/m0/s1. The first-order valence-corrected chi connectivity index (χ1v) is 14.3. The van der Waals surface area contributed by atoms with E-state index < -0.39 is 16.1 Å². The van der Waals surface area contributed by atoms with E-state index in [2.05, 4.69) is 31.0 Å². The van der Waals surface area contributed by atoms with Crippen LogP contribution < -0.4 is 14.9 Å². The molecule has 1 saturated heterocycles. The van der Waals surface area contributed by atoms with Gasteiger partial charge in [0, 0.05) is 21.9 Å². The van der Waals surface area contributed by atoms with Crippen LogP contribution in [0.3, 0.4) is 0 Å². The molecule has 2 atom stereocenters. The Bertz CT molecular complexity index is 1590. The van der Waals surface area contributed by atoms with Crippen LogP contribution in [0.25, 0.3) is 11.3 Å². The zero-order valence-corrected chi connectivity index (χ0v) is 23.0. The molecule has 2 aromatic heterocycles. The van der Waals surface area contributed by atoms with Crippen LogP contribution in [0, 0.1) is 12.7 Å².